The van der Waals surface area contributed by atoms with Crippen LogP contribution >= 0.6 is 0 Å². The maximum atomic E-state index is 7.10. The van der Waals surface area contributed by atoms with Crippen LogP contribution in [0, 0.1) is 0 Å². The van der Waals surface area contributed by atoms with Gasteiger partial charge in [-0.2, -0.15) is 0 Å². The molecule has 1 aliphatic heterocycles. The first-order chi connectivity index (χ1) is 37.2. The molecule has 76 heavy (non-hydrogen) atoms. The summed E-state index contributed by atoms with van der Waals surface area (Å²) in [5, 5.41) is 2.52. The number of ether oxygens (including phenoxy) is 1. The highest BCUT2D eigenvalue weighted by Gasteiger charge is 2.53. The van der Waals surface area contributed by atoms with Gasteiger partial charge in [-0.05, 0) is 145 Å². The molecule has 0 radical (unpaired) electrons. The van der Waals surface area contributed by atoms with Crippen LogP contribution in [0.4, 0.5) is 17.1 Å². The number of rotatable bonds is 5. The highest BCUT2D eigenvalue weighted by atomic mass is 16.5. The average Bonchev–Trinajstić information content (AvgIpc) is 4.31. The van der Waals surface area contributed by atoms with Crippen molar-refractivity contribution in [2.24, 2.45) is 0 Å². The molecule has 11 aromatic carbocycles. The van der Waals surface area contributed by atoms with E-state index in [0.29, 0.717) is 0 Å². The highest BCUT2D eigenvalue weighted by molar-refractivity contribution is 6.09. The lowest BCUT2D eigenvalue weighted by Gasteiger charge is -2.42. The lowest BCUT2D eigenvalue weighted by Crippen LogP contribution is -2.33. The Kier molecular flexibility index (Phi) is 8.79. The number of aromatic nitrogens is 1. The first kappa shape index (κ1) is 43.2. The van der Waals surface area contributed by atoms with Crippen molar-refractivity contribution >= 4 is 38.9 Å². The molecule has 16 rings (SSSR count). The van der Waals surface area contributed by atoms with E-state index >= 15 is 0 Å². The molecule has 12 aromatic rings. The fourth-order valence-corrected chi connectivity index (χ4v) is 14.4. The predicted octanol–water partition coefficient (Wildman–Crippen LogP) is 19.0. The normalized spacial score (nSPS) is 16.3. The summed E-state index contributed by atoms with van der Waals surface area (Å²) in [6.45, 7) is 9.55. The Balaban J connectivity index is 0.937. The molecule has 0 saturated heterocycles. The Bertz CT molecular complexity index is 4290. The first-order valence-corrected chi connectivity index (χ1v) is 26.7. The molecule has 0 N–H and O–H groups in total. The summed E-state index contributed by atoms with van der Waals surface area (Å²) in [6, 6.07) is 90.7. The van der Waals surface area contributed by atoms with Crippen molar-refractivity contribution < 1.29 is 4.74 Å². The molecule has 1 aromatic heterocycles. The molecule has 1 spiro atoms. The minimum atomic E-state index is -0.762. The summed E-state index contributed by atoms with van der Waals surface area (Å²) in [5.41, 5.74) is 26.0. The maximum Gasteiger partial charge on any atom is 0.132 e. The van der Waals surface area contributed by atoms with E-state index in [-0.39, 0.29) is 10.8 Å². The second-order valence-electron chi connectivity index (χ2n) is 22.4. The smallest absolute Gasteiger partial charge is 0.132 e. The van der Waals surface area contributed by atoms with Gasteiger partial charge < -0.3 is 14.2 Å². The molecular weight excluding hydrogens is 921 g/mol. The molecule has 3 heteroatoms. The van der Waals surface area contributed by atoms with E-state index in [2.05, 4.69) is 280 Å². The van der Waals surface area contributed by atoms with E-state index in [1.54, 1.807) is 0 Å². The Morgan fingerprint density at radius 2 is 0.816 bits per heavy atom. The SMILES string of the molecule is CC1(C)c2ccccc2-c2ccc(N(c3ccc4c(c3)C(C)(C)c3ccccc3-4)c3cccc4c3C3(c5ccccc5Oc5ccc(-c6ccc(-n7c8ccccc8c8ccccc87)cc6)cc53)c3ccccc3-4)cc21. The van der Waals surface area contributed by atoms with E-state index in [9.17, 15) is 0 Å². The zero-order chi connectivity index (χ0) is 50.7. The number of nitrogens with zero attached hydrogens (tertiary/aromatic N) is 2. The van der Waals surface area contributed by atoms with Crippen LogP contribution < -0.4 is 9.64 Å². The van der Waals surface area contributed by atoms with E-state index in [0.717, 1.165) is 56.5 Å². The van der Waals surface area contributed by atoms with E-state index < -0.39 is 5.41 Å². The topological polar surface area (TPSA) is 17.4 Å². The summed E-state index contributed by atoms with van der Waals surface area (Å²) in [5.74, 6) is 1.74. The number of hydrogen-bond donors (Lipinski definition) is 0. The fourth-order valence-electron chi connectivity index (χ4n) is 14.4. The van der Waals surface area contributed by atoms with Crippen molar-refractivity contribution in [3.8, 4) is 61.7 Å². The summed E-state index contributed by atoms with van der Waals surface area (Å²) in [4.78, 5) is 2.58. The Labute approximate surface area is 443 Å². The first-order valence-electron chi connectivity index (χ1n) is 26.7. The van der Waals surface area contributed by atoms with Gasteiger partial charge in [0.1, 0.15) is 11.5 Å². The second-order valence-corrected chi connectivity index (χ2v) is 22.4. The van der Waals surface area contributed by atoms with Crippen LogP contribution in [0.5, 0.6) is 11.5 Å². The number of hydrogen-bond acceptors (Lipinski definition) is 2. The number of benzene rings is 11. The van der Waals surface area contributed by atoms with Crippen LogP contribution in [0.2, 0.25) is 0 Å². The standard InChI is InChI=1S/C73H52N2O/c1-71(2)58-24-10-5-18-50(58)53-39-37-48(43-62(53)71)74(49-38-40-54-51-19-6-11-25-59(51)72(3,4)63(54)44-49)67-30-17-23-57-52-20-7-12-26-60(52)73(70(57)67)61-27-13-16-31-68(61)76-69-41-34-46(42-64(69)73)45-32-35-47(36-33-45)75-65-28-14-8-21-55(65)56-22-9-15-29-66(56)75/h5-44H,1-4H3. The molecule has 360 valence electrons. The van der Waals surface area contributed by atoms with Gasteiger partial charge in [0.2, 0.25) is 0 Å². The van der Waals surface area contributed by atoms with Crippen molar-refractivity contribution in [2.75, 3.05) is 4.90 Å². The predicted molar refractivity (Wildman–Crippen MR) is 313 cm³/mol. The van der Waals surface area contributed by atoms with E-state index in [1.807, 2.05) is 0 Å². The van der Waals surface area contributed by atoms with Gasteiger partial charge >= 0.3 is 0 Å². The lowest BCUT2D eigenvalue weighted by molar-refractivity contribution is 0.436. The third kappa shape index (κ3) is 5.67. The molecule has 0 saturated carbocycles. The Morgan fingerprint density at radius 1 is 0.342 bits per heavy atom. The largest absolute Gasteiger partial charge is 0.457 e. The number of para-hydroxylation sites is 3. The molecular formula is C73H52N2O. The van der Waals surface area contributed by atoms with Gasteiger partial charge in [0.05, 0.1) is 22.1 Å². The molecule has 1 unspecified atom stereocenters. The monoisotopic (exact) mass is 972 g/mol. The fraction of sp³-hybridized carbons (Fsp3) is 0.0959. The molecule has 0 fully saturated rings. The molecule has 3 aliphatic carbocycles. The second kappa shape index (κ2) is 15.4. The van der Waals surface area contributed by atoms with Crippen LogP contribution in [-0.2, 0) is 16.2 Å². The van der Waals surface area contributed by atoms with Crippen molar-refractivity contribution in [1.29, 1.82) is 0 Å². The highest BCUT2D eigenvalue weighted by Crippen LogP contribution is 2.66. The van der Waals surface area contributed by atoms with Crippen LogP contribution in [0.25, 0.3) is 72.0 Å². The molecule has 3 nitrogen and oxygen atoms in total. The molecule has 2 heterocycles. The van der Waals surface area contributed by atoms with Crippen molar-refractivity contribution in [2.45, 2.75) is 43.9 Å². The van der Waals surface area contributed by atoms with Gasteiger partial charge in [-0.1, -0.05) is 198 Å². The average molecular weight is 973 g/mol. The zero-order valence-electron chi connectivity index (χ0n) is 42.9. The van der Waals surface area contributed by atoms with Crippen LogP contribution in [0.1, 0.15) is 72.2 Å². The number of fused-ring (bicyclic) bond motifs is 18. The Hall–Kier alpha value is -9.18. The van der Waals surface area contributed by atoms with Crippen molar-refractivity contribution in [1.82, 2.24) is 4.57 Å². The van der Waals surface area contributed by atoms with Crippen LogP contribution in [0.15, 0.2) is 243 Å². The van der Waals surface area contributed by atoms with E-state index in [1.165, 1.54) is 88.6 Å². The third-order valence-electron chi connectivity index (χ3n) is 17.9. The van der Waals surface area contributed by atoms with Crippen molar-refractivity contribution in [3.63, 3.8) is 0 Å². The molecule has 1 atom stereocenters. The van der Waals surface area contributed by atoms with Gasteiger partial charge in [0.25, 0.3) is 0 Å². The molecule has 0 amide bonds. The van der Waals surface area contributed by atoms with Gasteiger partial charge in [0.15, 0.2) is 0 Å². The van der Waals surface area contributed by atoms with Gasteiger partial charge in [-0.3, -0.25) is 0 Å². The maximum absolute atomic E-state index is 7.10. The molecule has 0 bridgehead atoms. The lowest BCUT2D eigenvalue weighted by atomic mass is 9.65. The summed E-state index contributed by atoms with van der Waals surface area (Å²) in [7, 11) is 0. The zero-order valence-corrected chi connectivity index (χ0v) is 42.9. The third-order valence-corrected chi connectivity index (χ3v) is 17.9. The van der Waals surface area contributed by atoms with E-state index in [4.69, 9.17) is 4.74 Å². The summed E-state index contributed by atoms with van der Waals surface area (Å²) < 4.78 is 9.49. The minimum absolute atomic E-state index is 0.193. The van der Waals surface area contributed by atoms with Crippen LogP contribution in [0.3, 0.4) is 0 Å². The van der Waals surface area contributed by atoms with Gasteiger partial charge in [-0.15, -0.1) is 0 Å². The summed E-state index contributed by atoms with van der Waals surface area (Å²) >= 11 is 0. The van der Waals surface area contributed by atoms with Gasteiger partial charge in [-0.25, -0.2) is 0 Å². The number of anilines is 3. The minimum Gasteiger partial charge on any atom is -0.457 e. The summed E-state index contributed by atoms with van der Waals surface area (Å²) in [6.07, 6.45) is 0. The quantitative estimate of drug-likeness (QED) is 0.171. The Morgan fingerprint density at radius 3 is 1.43 bits per heavy atom. The van der Waals surface area contributed by atoms with Crippen LogP contribution in [-0.4, -0.2) is 4.57 Å². The van der Waals surface area contributed by atoms with Crippen molar-refractivity contribution in [3.05, 3.63) is 287 Å². The van der Waals surface area contributed by atoms with Gasteiger partial charge in [0, 0.05) is 55.4 Å². The molecule has 4 aliphatic rings.